The molecule has 0 radical (unpaired) electrons. The first kappa shape index (κ1) is 12.6. The molecule has 0 aliphatic carbocycles. The van der Waals surface area contributed by atoms with Crippen molar-refractivity contribution in [3.05, 3.63) is 22.6 Å². The molecule has 17 heavy (non-hydrogen) atoms. The Balaban J connectivity index is 1.63. The molecule has 1 aliphatic heterocycles. The fraction of sp³-hybridized carbons (Fsp3) is 0.583. The van der Waals surface area contributed by atoms with Gasteiger partial charge in [0.25, 0.3) is 0 Å². The lowest BCUT2D eigenvalue weighted by molar-refractivity contribution is -0.130. The Hall–Kier alpha value is -0.810. The van der Waals surface area contributed by atoms with Crippen molar-refractivity contribution < 1.29 is 9.21 Å². The average molecular weight is 301 g/mol. The topological polar surface area (TPSA) is 45.5 Å². The molecule has 2 heterocycles. The molecule has 1 aromatic heterocycles. The SMILES string of the molecule is O=C(CCNCc1occc1Br)N1CCCC1. The number of carbonyl (C=O) groups excluding carboxylic acids is 1. The Morgan fingerprint density at radius 2 is 2.24 bits per heavy atom. The van der Waals surface area contributed by atoms with Crippen molar-refractivity contribution in [1.29, 1.82) is 0 Å². The minimum atomic E-state index is 0.258. The molecule has 1 N–H and O–H groups in total. The second-order valence-electron chi connectivity index (χ2n) is 4.21. The molecule has 0 bridgehead atoms. The van der Waals surface area contributed by atoms with E-state index in [1.54, 1.807) is 6.26 Å². The highest BCUT2D eigenvalue weighted by Gasteiger charge is 2.16. The van der Waals surface area contributed by atoms with E-state index in [-0.39, 0.29) is 5.91 Å². The van der Waals surface area contributed by atoms with E-state index in [1.165, 1.54) is 0 Å². The third kappa shape index (κ3) is 3.57. The number of hydrogen-bond donors (Lipinski definition) is 1. The van der Waals surface area contributed by atoms with Gasteiger partial charge in [0.05, 0.1) is 17.3 Å². The third-order valence-corrected chi connectivity index (χ3v) is 3.66. The fourth-order valence-corrected chi connectivity index (χ4v) is 2.31. The summed E-state index contributed by atoms with van der Waals surface area (Å²) in [6.07, 6.45) is 4.52. The summed E-state index contributed by atoms with van der Waals surface area (Å²) in [6, 6.07) is 1.87. The van der Waals surface area contributed by atoms with Gasteiger partial charge in [0.15, 0.2) is 0 Å². The van der Waals surface area contributed by atoms with E-state index in [0.717, 1.165) is 36.2 Å². The van der Waals surface area contributed by atoms with Gasteiger partial charge in [-0.2, -0.15) is 0 Å². The number of halogens is 1. The second kappa shape index (κ2) is 6.21. The normalized spacial score (nSPS) is 15.5. The van der Waals surface area contributed by atoms with Crippen LogP contribution in [0.5, 0.6) is 0 Å². The minimum Gasteiger partial charge on any atom is -0.467 e. The molecule has 2 rings (SSSR count). The van der Waals surface area contributed by atoms with Crippen LogP contribution in [0.3, 0.4) is 0 Å². The van der Waals surface area contributed by atoms with Crippen LogP contribution < -0.4 is 5.32 Å². The highest BCUT2D eigenvalue weighted by molar-refractivity contribution is 9.10. The van der Waals surface area contributed by atoms with Crippen LogP contribution in [0.15, 0.2) is 21.2 Å². The van der Waals surface area contributed by atoms with Crippen molar-refractivity contribution in [2.24, 2.45) is 0 Å². The molecular weight excluding hydrogens is 284 g/mol. The quantitative estimate of drug-likeness (QED) is 0.848. The number of amides is 1. The van der Waals surface area contributed by atoms with Crippen LogP contribution in [0.4, 0.5) is 0 Å². The van der Waals surface area contributed by atoms with Crippen molar-refractivity contribution >= 4 is 21.8 Å². The number of rotatable bonds is 5. The van der Waals surface area contributed by atoms with E-state index in [9.17, 15) is 4.79 Å². The highest BCUT2D eigenvalue weighted by Crippen LogP contribution is 2.16. The highest BCUT2D eigenvalue weighted by atomic mass is 79.9. The molecule has 0 spiro atoms. The van der Waals surface area contributed by atoms with Gasteiger partial charge in [0, 0.05) is 26.1 Å². The van der Waals surface area contributed by atoms with E-state index in [2.05, 4.69) is 21.2 Å². The van der Waals surface area contributed by atoms with Gasteiger partial charge in [-0.1, -0.05) is 0 Å². The Morgan fingerprint density at radius 1 is 1.47 bits per heavy atom. The maximum Gasteiger partial charge on any atom is 0.223 e. The summed E-state index contributed by atoms with van der Waals surface area (Å²) >= 11 is 3.39. The van der Waals surface area contributed by atoms with Crippen molar-refractivity contribution in [2.75, 3.05) is 19.6 Å². The van der Waals surface area contributed by atoms with Crippen LogP contribution in [0.1, 0.15) is 25.0 Å². The van der Waals surface area contributed by atoms with Gasteiger partial charge >= 0.3 is 0 Å². The van der Waals surface area contributed by atoms with E-state index < -0.39 is 0 Å². The van der Waals surface area contributed by atoms with E-state index in [0.29, 0.717) is 19.5 Å². The largest absolute Gasteiger partial charge is 0.467 e. The summed E-state index contributed by atoms with van der Waals surface area (Å²) in [5.74, 6) is 1.13. The molecule has 1 aromatic rings. The second-order valence-corrected chi connectivity index (χ2v) is 5.06. The van der Waals surface area contributed by atoms with Gasteiger partial charge in [-0.25, -0.2) is 0 Å². The van der Waals surface area contributed by atoms with Crippen molar-refractivity contribution in [2.45, 2.75) is 25.8 Å². The monoisotopic (exact) mass is 300 g/mol. The van der Waals surface area contributed by atoms with Crippen LogP contribution in [0.2, 0.25) is 0 Å². The lowest BCUT2D eigenvalue weighted by atomic mass is 10.3. The van der Waals surface area contributed by atoms with Gasteiger partial charge in [-0.05, 0) is 34.8 Å². The molecule has 5 heteroatoms. The molecule has 1 aliphatic rings. The summed E-state index contributed by atoms with van der Waals surface area (Å²) < 4.78 is 6.23. The van der Waals surface area contributed by atoms with Crippen LogP contribution in [0, 0.1) is 0 Å². The van der Waals surface area contributed by atoms with Crippen LogP contribution >= 0.6 is 15.9 Å². The number of hydrogen-bond acceptors (Lipinski definition) is 3. The summed E-state index contributed by atoms with van der Waals surface area (Å²) in [5.41, 5.74) is 0. The molecule has 0 atom stereocenters. The molecule has 0 saturated carbocycles. The van der Waals surface area contributed by atoms with Crippen LogP contribution in [0.25, 0.3) is 0 Å². The molecule has 0 aromatic carbocycles. The Bertz CT molecular complexity index is 372. The number of carbonyl (C=O) groups is 1. The molecule has 0 unspecified atom stereocenters. The van der Waals surface area contributed by atoms with Gasteiger partial charge in [0.2, 0.25) is 5.91 Å². The predicted octanol–water partition coefficient (Wildman–Crippen LogP) is 2.14. The zero-order valence-electron chi connectivity index (χ0n) is 9.75. The van der Waals surface area contributed by atoms with Crippen LogP contribution in [-0.4, -0.2) is 30.4 Å². The van der Waals surface area contributed by atoms with E-state index >= 15 is 0 Å². The van der Waals surface area contributed by atoms with Gasteiger partial charge < -0.3 is 14.6 Å². The standard InChI is InChI=1S/C12H17BrN2O2/c13-10-4-8-17-11(10)9-14-5-3-12(16)15-6-1-2-7-15/h4,8,14H,1-3,5-7,9H2. The molecule has 1 saturated heterocycles. The van der Waals surface area contributed by atoms with Crippen molar-refractivity contribution in [1.82, 2.24) is 10.2 Å². The first-order valence-corrected chi connectivity index (χ1v) is 6.77. The Kier molecular flexibility index (Phi) is 4.62. The van der Waals surface area contributed by atoms with E-state index in [1.807, 2.05) is 11.0 Å². The molecular formula is C12H17BrN2O2. The lowest BCUT2D eigenvalue weighted by Crippen LogP contribution is -2.30. The van der Waals surface area contributed by atoms with Gasteiger partial charge in [-0.15, -0.1) is 0 Å². The number of nitrogens with zero attached hydrogens (tertiary/aromatic N) is 1. The Morgan fingerprint density at radius 3 is 2.88 bits per heavy atom. The summed E-state index contributed by atoms with van der Waals surface area (Å²) in [6.45, 7) is 3.22. The zero-order chi connectivity index (χ0) is 12.1. The third-order valence-electron chi connectivity index (χ3n) is 2.95. The fourth-order valence-electron chi connectivity index (χ4n) is 1.97. The first-order chi connectivity index (χ1) is 8.27. The Labute approximate surface area is 109 Å². The van der Waals surface area contributed by atoms with Gasteiger partial charge in [0.1, 0.15) is 5.76 Å². The predicted molar refractivity (Wildman–Crippen MR) is 68.5 cm³/mol. The average Bonchev–Trinajstić information content (AvgIpc) is 2.96. The maximum atomic E-state index is 11.7. The molecule has 1 amide bonds. The van der Waals surface area contributed by atoms with Crippen LogP contribution in [-0.2, 0) is 11.3 Å². The number of likely N-dealkylation sites (tertiary alicyclic amines) is 1. The smallest absolute Gasteiger partial charge is 0.223 e. The van der Waals surface area contributed by atoms with Crippen molar-refractivity contribution in [3.63, 3.8) is 0 Å². The summed E-state index contributed by atoms with van der Waals surface area (Å²) in [4.78, 5) is 13.7. The van der Waals surface area contributed by atoms with Crippen molar-refractivity contribution in [3.8, 4) is 0 Å². The first-order valence-electron chi connectivity index (χ1n) is 5.98. The number of nitrogens with one attached hydrogen (secondary N) is 1. The summed E-state index contributed by atoms with van der Waals surface area (Å²) in [7, 11) is 0. The molecule has 94 valence electrons. The number of furan rings is 1. The summed E-state index contributed by atoms with van der Waals surface area (Å²) in [5, 5.41) is 3.21. The minimum absolute atomic E-state index is 0.258. The molecule has 1 fully saturated rings. The van der Waals surface area contributed by atoms with Gasteiger partial charge in [-0.3, -0.25) is 4.79 Å². The zero-order valence-corrected chi connectivity index (χ0v) is 11.3. The maximum absolute atomic E-state index is 11.7. The lowest BCUT2D eigenvalue weighted by Gasteiger charge is -2.14. The molecule has 4 nitrogen and oxygen atoms in total. The van der Waals surface area contributed by atoms with E-state index in [4.69, 9.17) is 4.42 Å².